The first-order valence-electron chi connectivity index (χ1n) is 6.95. The van der Waals surface area contributed by atoms with Crippen molar-refractivity contribution in [3.05, 3.63) is 23.8 Å². The Morgan fingerprint density at radius 2 is 1.89 bits per heavy atom. The predicted octanol–water partition coefficient (Wildman–Crippen LogP) is 2.63. The van der Waals surface area contributed by atoms with Gasteiger partial charge in [-0.05, 0) is 50.3 Å². The molecular formula is C15H22N2O. The van der Waals surface area contributed by atoms with Crippen molar-refractivity contribution in [2.75, 3.05) is 25.1 Å². The quantitative estimate of drug-likeness (QED) is 0.891. The second-order valence-electron chi connectivity index (χ2n) is 5.59. The highest BCUT2D eigenvalue weighted by Crippen LogP contribution is 2.44. The number of anilines is 1. The molecule has 1 aliphatic heterocycles. The van der Waals surface area contributed by atoms with Crippen molar-refractivity contribution in [1.82, 2.24) is 0 Å². The molecule has 0 amide bonds. The van der Waals surface area contributed by atoms with Gasteiger partial charge in [0.25, 0.3) is 0 Å². The molecule has 2 aliphatic rings. The lowest BCUT2D eigenvalue weighted by Gasteiger charge is -2.39. The number of nitrogens with zero attached hydrogens (tertiary/aromatic N) is 1. The van der Waals surface area contributed by atoms with Gasteiger partial charge in [-0.2, -0.15) is 0 Å². The zero-order valence-corrected chi connectivity index (χ0v) is 11.1. The topological polar surface area (TPSA) is 38.5 Å². The van der Waals surface area contributed by atoms with Gasteiger partial charge in [0.15, 0.2) is 0 Å². The van der Waals surface area contributed by atoms with Crippen LogP contribution in [0, 0.1) is 0 Å². The molecule has 2 fully saturated rings. The Hall–Kier alpha value is -1.22. The van der Waals surface area contributed by atoms with Gasteiger partial charge in [-0.15, -0.1) is 0 Å². The zero-order valence-electron chi connectivity index (χ0n) is 11.1. The predicted molar refractivity (Wildman–Crippen MR) is 74.2 cm³/mol. The molecule has 1 saturated heterocycles. The minimum absolute atomic E-state index is 0.152. The highest BCUT2D eigenvalue weighted by molar-refractivity contribution is 5.56. The number of hydrogen-bond acceptors (Lipinski definition) is 3. The van der Waals surface area contributed by atoms with Crippen molar-refractivity contribution in [3.63, 3.8) is 0 Å². The fraction of sp³-hybridized carbons (Fsp3) is 0.600. The van der Waals surface area contributed by atoms with Crippen LogP contribution >= 0.6 is 0 Å². The summed E-state index contributed by atoms with van der Waals surface area (Å²) in [5, 5.41) is 0. The van der Waals surface area contributed by atoms with Gasteiger partial charge in [0, 0.05) is 29.9 Å². The fourth-order valence-corrected chi connectivity index (χ4v) is 3.08. The first-order chi connectivity index (χ1) is 8.73. The lowest BCUT2D eigenvalue weighted by atomic mass is 9.72. The minimum atomic E-state index is -0.152. The largest absolute Gasteiger partial charge is 0.496 e. The molecule has 3 rings (SSSR count). The van der Waals surface area contributed by atoms with Gasteiger partial charge in [-0.1, -0.05) is 0 Å². The van der Waals surface area contributed by atoms with Crippen LogP contribution in [0.25, 0.3) is 0 Å². The number of hydrogen-bond donors (Lipinski definition) is 1. The Kier molecular flexibility index (Phi) is 2.94. The van der Waals surface area contributed by atoms with Crippen LogP contribution in [-0.4, -0.2) is 20.2 Å². The van der Waals surface area contributed by atoms with E-state index in [1.54, 1.807) is 7.11 Å². The molecule has 1 heterocycles. The van der Waals surface area contributed by atoms with Crippen LogP contribution < -0.4 is 15.4 Å². The van der Waals surface area contributed by atoms with E-state index in [4.69, 9.17) is 10.5 Å². The van der Waals surface area contributed by atoms with Crippen molar-refractivity contribution in [2.45, 2.75) is 37.6 Å². The monoisotopic (exact) mass is 246 g/mol. The Labute approximate surface area is 109 Å². The van der Waals surface area contributed by atoms with E-state index in [1.165, 1.54) is 43.6 Å². The lowest BCUT2D eigenvalue weighted by molar-refractivity contribution is 0.244. The highest BCUT2D eigenvalue weighted by atomic mass is 16.5. The Balaban J connectivity index is 1.96. The second kappa shape index (κ2) is 4.47. The molecule has 3 heteroatoms. The number of rotatable bonds is 3. The first kappa shape index (κ1) is 11.8. The molecule has 98 valence electrons. The van der Waals surface area contributed by atoms with E-state index in [0.717, 1.165) is 18.6 Å². The van der Waals surface area contributed by atoms with Crippen LogP contribution in [0.5, 0.6) is 5.75 Å². The standard InChI is InChI=1S/C15H22N2O/c1-18-14-6-5-12(17-9-2-3-10-17)11-13(14)15(16)7-4-8-15/h5-6,11H,2-4,7-10,16H2,1H3. The summed E-state index contributed by atoms with van der Waals surface area (Å²) in [6.07, 6.45) is 5.98. The summed E-state index contributed by atoms with van der Waals surface area (Å²) in [6, 6.07) is 6.49. The molecule has 1 aromatic carbocycles. The van der Waals surface area contributed by atoms with Crippen LogP contribution in [0.1, 0.15) is 37.7 Å². The maximum Gasteiger partial charge on any atom is 0.124 e. The lowest BCUT2D eigenvalue weighted by Crippen LogP contribution is -2.43. The molecule has 1 aliphatic carbocycles. The molecule has 1 saturated carbocycles. The molecule has 0 radical (unpaired) electrons. The van der Waals surface area contributed by atoms with Gasteiger partial charge in [0.1, 0.15) is 5.75 Å². The number of nitrogens with two attached hydrogens (primary N) is 1. The normalized spacial score (nSPS) is 21.8. The van der Waals surface area contributed by atoms with Crippen molar-refractivity contribution in [2.24, 2.45) is 5.73 Å². The van der Waals surface area contributed by atoms with Gasteiger partial charge in [0.2, 0.25) is 0 Å². The van der Waals surface area contributed by atoms with E-state index in [1.807, 2.05) is 0 Å². The van der Waals surface area contributed by atoms with Gasteiger partial charge < -0.3 is 15.4 Å². The third-order valence-electron chi connectivity index (χ3n) is 4.44. The Morgan fingerprint density at radius 1 is 1.17 bits per heavy atom. The van der Waals surface area contributed by atoms with Crippen molar-refractivity contribution < 1.29 is 4.74 Å². The van der Waals surface area contributed by atoms with Gasteiger partial charge in [0.05, 0.1) is 7.11 Å². The maximum absolute atomic E-state index is 6.47. The number of benzene rings is 1. The van der Waals surface area contributed by atoms with E-state index in [0.29, 0.717) is 0 Å². The summed E-state index contributed by atoms with van der Waals surface area (Å²) in [4.78, 5) is 2.45. The minimum Gasteiger partial charge on any atom is -0.496 e. The Morgan fingerprint density at radius 3 is 2.44 bits per heavy atom. The smallest absolute Gasteiger partial charge is 0.124 e. The van der Waals surface area contributed by atoms with Crippen LogP contribution in [0.3, 0.4) is 0 Å². The van der Waals surface area contributed by atoms with E-state index in [-0.39, 0.29) is 5.54 Å². The molecule has 0 atom stereocenters. The average molecular weight is 246 g/mol. The van der Waals surface area contributed by atoms with Gasteiger partial charge in [-0.3, -0.25) is 0 Å². The zero-order chi connectivity index (χ0) is 12.6. The summed E-state index contributed by atoms with van der Waals surface area (Å²) < 4.78 is 5.49. The fourth-order valence-electron chi connectivity index (χ4n) is 3.08. The van der Waals surface area contributed by atoms with Crippen molar-refractivity contribution >= 4 is 5.69 Å². The van der Waals surface area contributed by atoms with E-state index < -0.39 is 0 Å². The molecule has 3 nitrogen and oxygen atoms in total. The van der Waals surface area contributed by atoms with Crippen LogP contribution in [0.15, 0.2) is 18.2 Å². The molecule has 0 aromatic heterocycles. The maximum atomic E-state index is 6.47. The van der Waals surface area contributed by atoms with Gasteiger partial charge >= 0.3 is 0 Å². The third kappa shape index (κ3) is 1.87. The molecular weight excluding hydrogens is 224 g/mol. The highest BCUT2D eigenvalue weighted by Gasteiger charge is 2.37. The summed E-state index contributed by atoms with van der Waals surface area (Å²) in [5.74, 6) is 0.945. The summed E-state index contributed by atoms with van der Waals surface area (Å²) in [7, 11) is 1.73. The molecule has 0 unspecified atom stereocenters. The summed E-state index contributed by atoms with van der Waals surface area (Å²) in [6.45, 7) is 2.34. The number of ether oxygens (including phenoxy) is 1. The molecule has 2 N–H and O–H groups in total. The summed E-state index contributed by atoms with van der Waals surface area (Å²) >= 11 is 0. The first-order valence-corrected chi connectivity index (χ1v) is 6.95. The van der Waals surface area contributed by atoms with Crippen LogP contribution in [-0.2, 0) is 5.54 Å². The average Bonchev–Trinajstić information content (AvgIpc) is 2.89. The van der Waals surface area contributed by atoms with Crippen LogP contribution in [0.4, 0.5) is 5.69 Å². The summed E-state index contributed by atoms with van der Waals surface area (Å²) in [5.41, 5.74) is 8.82. The van der Waals surface area contributed by atoms with E-state index in [2.05, 4.69) is 23.1 Å². The van der Waals surface area contributed by atoms with E-state index >= 15 is 0 Å². The third-order valence-corrected chi connectivity index (χ3v) is 4.44. The van der Waals surface area contributed by atoms with Gasteiger partial charge in [-0.25, -0.2) is 0 Å². The number of methoxy groups -OCH3 is 1. The molecule has 18 heavy (non-hydrogen) atoms. The second-order valence-corrected chi connectivity index (χ2v) is 5.59. The Bertz CT molecular complexity index is 434. The molecule has 0 spiro atoms. The molecule has 0 bridgehead atoms. The molecule has 1 aromatic rings. The van der Waals surface area contributed by atoms with Crippen molar-refractivity contribution in [1.29, 1.82) is 0 Å². The van der Waals surface area contributed by atoms with E-state index in [9.17, 15) is 0 Å². The van der Waals surface area contributed by atoms with Crippen molar-refractivity contribution in [3.8, 4) is 5.75 Å². The SMILES string of the molecule is COc1ccc(N2CCCC2)cc1C1(N)CCC1. The van der Waals surface area contributed by atoms with Crippen LogP contribution in [0.2, 0.25) is 0 Å².